The Hall–Kier alpha value is -1.45. The molecule has 8 nitrogen and oxygen atoms in total. The molecule has 1 saturated heterocycles. The number of nitrogens with zero attached hydrogens (tertiary/aromatic N) is 2. The molecule has 0 bridgehead atoms. The number of hydrogen-bond acceptors (Lipinski definition) is 5. The summed E-state index contributed by atoms with van der Waals surface area (Å²) in [5.41, 5.74) is 0. The zero-order valence-corrected chi connectivity index (χ0v) is 12.5. The van der Waals surface area contributed by atoms with Crippen LogP contribution in [-0.2, 0) is 26.1 Å². The van der Waals surface area contributed by atoms with Crippen molar-refractivity contribution >= 4 is 16.0 Å². The summed E-state index contributed by atoms with van der Waals surface area (Å²) in [4.78, 5) is 10.5. The first-order valence-electron chi connectivity index (χ1n) is 6.73. The normalized spacial score (nSPS) is 20.5. The van der Waals surface area contributed by atoms with Crippen molar-refractivity contribution in [3.05, 3.63) is 12.4 Å². The van der Waals surface area contributed by atoms with Crippen LogP contribution in [0.15, 0.2) is 17.3 Å². The molecule has 2 N–H and O–H groups in total. The van der Waals surface area contributed by atoms with Crippen LogP contribution in [0.25, 0.3) is 0 Å². The molecule has 0 aliphatic carbocycles. The molecule has 1 aliphatic heterocycles. The van der Waals surface area contributed by atoms with Crippen molar-refractivity contribution in [2.75, 3.05) is 13.2 Å². The number of rotatable bonds is 7. The van der Waals surface area contributed by atoms with Crippen molar-refractivity contribution in [1.29, 1.82) is 0 Å². The fraction of sp³-hybridized carbons (Fsp3) is 0.667. The third-order valence-corrected chi connectivity index (χ3v) is 5.00. The SMILES string of the molecule is CC(NS(=O)(=O)c1cnn(CCC(=O)O)c1)C1CCOC1. The molecular weight excluding hydrogens is 298 g/mol. The molecule has 1 aliphatic rings. The molecule has 0 saturated carbocycles. The lowest BCUT2D eigenvalue weighted by Crippen LogP contribution is -2.38. The number of sulfonamides is 1. The van der Waals surface area contributed by atoms with Gasteiger partial charge >= 0.3 is 5.97 Å². The van der Waals surface area contributed by atoms with Crippen LogP contribution in [-0.4, -0.2) is 48.5 Å². The molecular formula is C12H19N3O5S. The van der Waals surface area contributed by atoms with Gasteiger partial charge in [-0.25, -0.2) is 13.1 Å². The highest BCUT2D eigenvalue weighted by atomic mass is 32.2. The Morgan fingerprint density at radius 2 is 2.43 bits per heavy atom. The molecule has 1 fully saturated rings. The van der Waals surface area contributed by atoms with Gasteiger partial charge in [0.05, 0.1) is 25.8 Å². The summed E-state index contributed by atoms with van der Waals surface area (Å²) in [6, 6.07) is -0.222. The largest absolute Gasteiger partial charge is 0.481 e. The van der Waals surface area contributed by atoms with E-state index in [2.05, 4.69) is 9.82 Å². The second kappa shape index (κ2) is 6.54. The highest BCUT2D eigenvalue weighted by molar-refractivity contribution is 7.89. The molecule has 0 spiro atoms. The Balaban J connectivity index is 2.00. The zero-order valence-electron chi connectivity index (χ0n) is 11.7. The van der Waals surface area contributed by atoms with Gasteiger partial charge in [0.15, 0.2) is 0 Å². The van der Waals surface area contributed by atoms with Crippen molar-refractivity contribution in [2.24, 2.45) is 5.92 Å². The summed E-state index contributed by atoms with van der Waals surface area (Å²) in [5, 5.41) is 12.5. The Morgan fingerprint density at radius 1 is 1.67 bits per heavy atom. The number of hydrogen-bond donors (Lipinski definition) is 2. The number of aryl methyl sites for hydroxylation is 1. The van der Waals surface area contributed by atoms with Crippen LogP contribution in [0, 0.1) is 5.92 Å². The number of nitrogens with one attached hydrogen (secondary N) is 1. The third kappa shape index (κ3) is 4.26. The van der Waals surface area contributed by atoms with E-state index in [4.69, 9.17) is 9.84 Å². The molecule has 9 heteroatoms. The summed E-state index contributed by atoms with van der Waals surface area (Å²) >= 11 is 0. The van der Waals surface area contributed by atoms with E-state index in [9.17, 15) is 13.2 Å². The predicted molar refractivity (Wildman–Crippen MR) is 73.2 cm³/mol. The van der Waals surface area contributed by atoms with Crippen LogP contribution in [0.5, 0.6) is 0 Å². The van der Waals surface area contributed by atoms with Crippen molar-refractivity contribution in [3.63, 3.8) is 0 Å². The average molecular weight is 317 g/mol. The number of ether oxygens (including phenoxy) is 1. The first-order valence-corrected chi connectivity index (χ1v) is 8.21. The van der Waals surface area contributed by atoms with Gasteiger partial charge < -0.3 is 9.84 Å². The maximum atomic E-state index is 12.2. The van der Waals surface area contributed by atoms with Crippen molar-refractivity contribution in [1.82, 2.24) is 14.5 Å². The van der Waals surface area contributed by atoms with Gasteiger partial charge in [-0.2, -0.15) is 5.10 Å². The lowest BCUT2D eigenvalue weighted by molar-refractivity contribution is -0.137. The van der Waals surface area contributed by atoms with Gasteiger partial charge in [-0.05, 0) is 13.3 Å². The molecule has 2 heterocycles. The number of carbonyl (C=O) groups is 1. The Bertz CT molecular complexity index is 592. The molecule has 2 rings (SSSR count). The summed E-state index contributed by atoms with van der Waals surface area (Å²) in [6.07, 6.45) is 3.29. The molecule has 0 radical (unpaired) electrons. The summed E-state index contributed by atoms with van der Waals surface area (Å²) in [5.74, 6) is -0.787. The molecule has 21 heavy (non-hydrogen) atoms. The summed E-state index contributed by atoms with van der Waals surface area (Å²) in [6.45, 7) is 3.16. The minimum Gasteiger partial charge on any atom is -0.481 e. The maximum Gasteiger partial charge on any atom is 0.305 e. The molecule has 0 amide bonds. The zero-order chi connectivity index (χ0) is 15.5. The van der Waals surface area contributed by atoms with Gasteiger partial charge in [0, 0.05) is 24.8 Å². The molecule has 118 valence electrons. The fourth-order valence-corrected chi connectivity index (χ4v) is 3.44. The van der Waals surface area contributed by atoms with E-state index in [0.717, 1.165) is 6.42 Å². The van der Waals surface area contributed by atoms with E-state index in [1.165, 1.54) is 17.1 Å². The van der Waals surface area contributed by atoms with Gasteiger partial charge in [-0.1, -0.05) is 0 Å². The van der Waals surface area contributed by atoms with Gasteiger partial charge in [0.2, 0.25) is 10.0 Å². The van der Waals surface area contributed by atoms with Crippen molar-refractivity contribution < 1.29 is 23.1 Å². The van der Waals surface area contributed by atoms with E-state index in [0.29, 0.717) is 13.2 Å². The quantitative estimate of drug-likeness (QED) is 0.736. The Labute approximate surface area is 123 Å². The van der Waals surface area contributed by atoms with Crippen molar-refractivity contribution in [3.8, 4) is 0 Å². The van der Waals surface area contributed by atoms with Crippen LogP contribution < -0.4 is 4.72 Å². The molecule has 1 aromatic heterocycles. The van der Waals surface area contributed by atoms with Crippen molar-refractivity contribution in [2.45, 2.75) is 37.2 Å². The van der Waals surface area contributed by atoms with E-state index in [1.54, 1.807) is 0 Å². The van der Waals surface area contributed by atoms with E-state index < -0.39 is 16.0 Å². The van der Waals surface area contributed by atoms with Gasteiger partial charge in [0.1, 0.15) is 4.90 Å². The number of aliphatic carboxylic acids is 1. The monoisotopic (exact) mass is 317 g/mol. The van der Waals surface area contributed by atoms with Gasteiger partial charge in [-0.15, -0.1) is 0 Å². The van der Waals surface area contributed by atoms with Gasteiger partial charge in [0.25, 0.3) is 0 Å². The lowest BCUT2D eigenvalue weighted by Gasteiger charge is -2.18. The van der Waals surface area contributed by atoms with Crippen LogP contribution in [0.2, 0.25) is 0 Å². The van der Waals surface area contributed by atoms with Crippen LogP contribution in [0.1, 0.15) is 19.8 Å². The average Bonchev–Trinajstić information content (AvgIpc) is 3.07. The molecule has 0 aromatic carbocycles. The maximum absolute atomic E-state index is 12.2. The third-order valence-electron chi connectivity index (χ3n) is 3.49. The Kier molecular flexibility index (Phi) is 4.96. The van der Waals surface area contributed by atoms with Crippen LogP contribution >= 0.6 is 0 Å². The smallest absolute Gasteiger partial charge is 0.305 e. The standard InChI is InChI=1S/C12H19N3O5S/c1-9(10-3-5-20-8-10)14-21(18,19)11-6-13-15(7-11)4-2-12(16)17/h6-7,9-10,14H,2-5,8H2,1H3,(H,16,17). The lowest BCUT2D eigenvalue weighted by atomic mass is 10.0. The summed E-state index contributed by atoms with van der Waals surface area (Å²) in [7, 11) is -3.65. The molecule has 2 atom stereocenters. The molecule has 2 unspecified atom stereocenters. The highest BCUT2D eigenvalue weighted by Gasteiger charge is 2.27. The fourth-order valence-electron chi connectivity index (χ4n) is 2.17. The minimum absolute atomic E-state index is 0.0404. The van der Waals surface area contributed by atoms with E-state index in [1.807, 2.05) is 6.92 Å². The van der Waals surface area contributed by atoms with Crippen LogP contribution in [0.3, 0.4) is 0 Å². The van der Waals surface area contributed by atoms with Crippen LogP contribution in [0.4, 0.5) is 0 Å². The highest BCUT2D eigenvalue weighted by Crippen LogP contribution is 2.18. The Morgan fingerprint density at radius 3 is 3.05 bits per heavy atom. The second-order valence-electron chi connectivity index (χ2n) is 5.12. The summed E-state index contributed by atoms with van der Waals surface area (Å²) < 4.78 is 33.6. The first-order chi connectivity index (χ1) is 9.88. The molecule has 1 aromatic rings. The topological polar surface area (TPSA) is 111 Å². The first kappa shape index (κ1) is 15.9. The number of aromatic nitrogens is 2. The minimum atomic E-state index is -3.65. The second-order valence-corrected chi connectivity index (χ2v) is 6.83. The number of carboxylic acids is 1. The van der Waals surface area contributed by atoms with E-state index in [-0.39, 0.29) is 29.8 Å². The predicted octanol–water partition coefficient (Wildman–Crippen LogP) is 0.0611. The van der Waals surface area contributed by atoms with Gasteiger partial charge in [-0.3, -0.25) is 9.48 Å². The number of carboxylic acid groups (broad SMARTS) is 1. The van der Waals surface area contributed by atoms with E-state index >= 15 is 0 Å².